The highest BCUT2D eigenvalue weighted by molar-refractivity contribution is 5.94. The lowest BCUT2D eigenvalue weighted by atomic mass is 9.84. The Kier molecular flexibility index (Phi) is 4.62. The monoisotopic (exact) mass is 483 g/mol. The summed E-state index contributed by atoms with van der Waals surface area (Å²) in [6, 6.07) is 14.0. The van der Waals surface area contributed by atoms with Gasteiger partial charge in [-0.15, -0.1) is 0 Å². The minimum absolute atomic E-state index is 0.0286. The van der Waals surface area contributed by atoms with Crippen molar-refractivity contribution in [2.75, 3.05) is 0 Å². The number of phenolic OH excluding ortho intramolecular Hbond substituents is 3. The predicted octanol–water partition coefficient (Wildman–Crippen LogP) is 4.27. The fourth-order valence-corrected chi connectivity index (χ4v) is 4.64. The zero-order valence-corrected chi connectivity index (χ0v) is 18.4. The third-order valence-electron chi connectivity index (χ3n) is 6.33. The molecule has 9 heteroatoms. The lowest BCUT2D eigenvalue weighted by Crippen LogP contribution is -2.22. The van der Waals surface area contributed by atoms with Crippen LogP contribution in [0.25, 0.3) is 33.2 Å². The Balaban J connectivity index is 1.66. The number of esters is 1. The third kappa shape index (κ3) is 3.21. The molecule has 2 aromatic heterocycles. The molecule has 0 fully saturated rings. The van der Waals surface area contributed by atoms with E-state index in [2.05, 4.69) is 4.98 Å². The van der Waals surface area contributed by atoms with Crippen molar-refractivity contribution in [2.24, 2.45) is 0 Å². The van der Waals surface area contributed by atoms with E-state index in [1.807, 2.05) is 24.3 Å². The van der Waals surface area contributed by atoms with Gasteiger partial charge in [0, 0.05) is 34.7 Å². The molecule has 0 unspecified atom stereocenters. The molecule has 1 atom stereocenters. The number of hydrogen-bond donors (Lipinski definition) is 4. The van der Waals surface area contributed by atoms with Gasteiger partial charge in [-0.1, -0.05) is 12.1 Å². The van der Waals surface area contributed by atoms with E-state index < -0.39 is 40.3 Å². The van der Waals surface area contributed by atoms with E-state index in [0.29, 0.717) is 5.56 Å². The van der Waals surface area contributed by atoms with Gasteiger partial charge in [0.1, 0.15) is 22.5 Å². The SMILES string of the molecule is O=C1C[C@H](c2ccc3ncccc3c2)c2c(cc(O)c3c(=O)c(O)c(-c4ccc(O)c(O)c4)oc23)O1. The minimum atomic E-state index is -0.905. The molecule has 0 bridgehead atoms. The largest absolute Gasteiger partial charge is 0.507 e. The van der Waals surface area contributed by atoms with Gasteiger partial charge >= 0.3 is 5.97 Å². The summed E-state index contributed by atoms with van der Waals surface area (Å²) in [6.07, 6.45) is 1.62. The van der Waals surface area contributed by atoms with Crippen LogP contribution in [-0.2, 0) is 4.79 Å². The number of aromatic hydroxyl groups is 4. The molecule has 36 heavy (non-hydrogen) atoms. The molecular weight excluding hydrogens is 466 g/mol. The van der Waals surface area contributed by atoms with Gasteiger partial charge in [0.2, 0.25) is 11.2 Å². The Labute approximate surface area is 202 Å². The Morgan fingerprint density at radius 2 is 1.72 bits per heavy atom. The topological polar surface area (TPSA) is 150 Å². The van der Waals surface area contributed by atoms with E-state index in [-0.39, 0.29) is 34.5 Å². The van der Waals surface area contributed by atoms with Crippen LogP contribution in [-0.4, -0.2) is 31.4 Å². The van der Waals surface area contributed by atoms with E-state index >= 15 is 0 Å². The number of rotatable bonds is 2. The molecule has 0 saturated carbocycles. The van der Waals surface area contributed by atoms with Crippen LogP contribution in [0.3, 0.4) is 0 Å². The molecule has 0 saturated heterocycles. The Morgan fingerprint density at radius 1 is 0.889 bits per heavy atom. The number of carbonyl (C=O) groups excluding carboxylic acids is 1. The first kappa shape index (κ1) is 21.5. The average molecular weight is 483 g/mol. The number of phenols is 3. The number of aromatic nitrogens is 1. The van der Waals surface area contributed by atoms with Crippen LogP contribution in [0.5, 0.6) is 28.7 Å². The van der Waals surface area contributed by atoms with Crippen molar-refractivity contribution < 1.29 is 34.4 Å². The summed E-state index contributed by atoms with van der Waals surface area (Å²) in [5.41, 5.74) is 0.991. The van der Waals surface area contributed by atoms with Crippen LogP contribution < -0.4 is 10.2 Å². The van der Waals surface area contributed by atoms with Crippen LogP contribution in [0.2, 0.25) is 0 Å². The van der Waals surface area contributed by atoms with Crippen molar-refractivity contribution in [1.82, 2.24) is 4.98 Å². The smallest absolute Gasteiger partial charge is 0.312 e. The molecule has 9 nitrogen and oxygen atoms in total. The third-order valence-corrected chi connectivity index (χ3v) is 6.33. The second-order valence-electron chi connectivity index (χ2n) is 8.51. The lowest BCUT2D eigenvalue weighted by Gasteiger charge is -2.26. The average Bonchev–Trinajstić information content (AvgIpc) is 2.86. The molecule has 0 spiro atoms. The Bertz CT molecular complexity index is 1790. The highest BCUT2D eigenvalue weighted by atomic mass is 16.5. The molecular formula is C27H17NO8. The van der Waals surface area contributed by atoms with Crippen LogP contribution >= 0.6 is 0 Å². The molecule has 0 radical (unpaired) electrons. The maximum Gasteiger partial charge on any atom is 0.312 e. The number of nitrogens with zero attached hydrogens (tertiary/aromatic N) is 1. The second-order valence-corrected chi connectivity index (χ2v) is 8.51. The first-order chi connectivity index (χ1) is 17.3. The second kappa shape index (κ2) is 7.74. The van der Waals surface area contributed by atoms with Gasteiger partial charge in [-0.2, -0.15) is 0 Å². The first-order valence-electron chi connectivity index (χ1n) is 10.9. The van der Waals surface area contributed by atoms with E-state index in [4.69, 9.17) is 9.15 Å². The molecule has 5 aromatic rings. The zero-order chi connectivity index (χ0) is 25.1. The summed E-state index contributed by atoms with van der Waals surface area (Å²) >= 11 is 0. The molecule has 3 aromatic carbocycles. The van der Waals surface area contributed by atoms with Crippen LogP contribution in [0.4, 0.5) is 0 Å². The summed E-state index contributed by atoms with van der Waals surface area (Å²) in [7, 11) is 0. The number of benzene rings is 3. The molecule has 3 heterocycles. The predicted molar refractivity (Wildman–Crippen MR) is 128 cm³/mol. The number of carbonyl (C=O) groups is 1. The Morgan fingerprint density at radius 3 is 2.53 bits per heavy atom. The van der Waals surface area contributed by atoms with Crippen molar-refractivity contribution in [3.05, 3.63) is 82.1 Å². The summed E-state index contributed by atoms with van der Waals surface area (Å²) < 4.78 is 11.4. The summed E-state index contributed by atoms with van der Waals surface area (Å²) in [4.78, 5) is 30.0. The van der Waals surface area contributed by atoms with Gasteiger partial charge in [-0.3, -0.25) is 14.6 Å². The standard InChI is InChI=1S/C27H17NO8/c29-17-6-4-14(9-18(17)30)26-25(34)24(33)23-19(31)11-20-22(27(23)36-26)15(10-21(32)35-20)12-3-5-16-13(8-12)2-1-7-28-16/h1-9,11,15,29-31,34H,10H2/t15-/m1/s1. The summed E-state index contributed by atoms with van der Waals surface area (Å²) in [6.45, 7) is 0. The molecule has 6 rings (SSSR count). The summed E-state index contributed by atoms with van der Waals surface area (Å²) in [5, 5.41) is 41.4. The highest BCUT2D eigenvalue weighted by Gasteiger charge is 2.34. The number of ether oxygens (including phenoxy) is 1. The fraction of sp³-hybridized carbons (Fsp3) is 0.0741. The Hall–Kier alpha value is -5.05. The number of hydrogen-bond acceptors (Lipinski definition) is 9. The van der Waals surface area contributed by atoms with Gasteiger partial charge in [-0.25, -0.2) is 0 Å². The van der Waals surface area contributed by atoms with Crippen LogP contribution in [0.1, 0.15) is 23.5 Å². The molecule has 4 N–H and O–H groups in total. The van der Waals surface area contributed by atoms with Gasteiger partial charge in [-0.05, 0) is 42.0 Å². The van der Waals surface area contributed by atoms with Crippen LogP contribution in [0, 0.1) is 0 Å². The van der Waals surface area contributed by atoms with Gasteiger partial charge in [0.15, 0.2) is 17.3 Å². The van der Waals surface area contributed by atoms with Crippen LogP contribution in [0.15, 0.2) is 70.0 Å². The first-order valence-corrected chi connectivity index (χ1v) is 10.9. The van der Waals surface area contributed by atoms with E-state index in [1.54, 1.807) is 12.3 Å². The number of pyridine rings is 1. The van der Waals surface area contributed by atoms with Crippen molar-refractivity contribution in [3.63, 3.8) is 0 Å². The fourth-order valence-electron chi connectivity index (χ4n) is 4.64. The maximum absolute atomic E-state index is 13.2. The van der Waals surface area contributed by atoms with E-state index in [0.717, 1.165) is 28.6 Å². The molecule has 1 aliphatic rings. The highest BCUT2D eigenvalue weighted by Crippen LogP contribution is 2.47. The van der Waals surface area contributed by atoms with Gasteiger partial charge < -0.3 is 29.6 Å². The van der Waals surface area contributed by atoms with Crippen molar-refractivity contribution in [3.8, 4) is 40.1 Å². The van der Waals surface area contributed by atoms with E-state index in [1.165, 1.54) is 12.1 Å². The van der Waals surface area contributed by atoms with Gasteiger partial charge in [0.25, 0.3) is 0 Å². The van der Waals surface area contributed by atoms with Crippen molar-refractivity contribution in [1.29, 1.82) is 0 Å². The zero-order valence-electron chi connectivity index (χ0n) is 18.4. The molecule has 1 aliphatic heterocycles. The van der Waals surface area contributed by atoms with E-state index in [9.17, 15) is 30.0 Å². The quantitative estimate of drug-likeness (QED) is 0.164. The maximum atomic E-state index is 13.2. The molecule has 178 valence electrons. The molecule has 0 amide bonds. The van der Waals surface area contributed by atoms with Crippen molar-refractivity contribution in [2.45, 2.75) is 12.3 Å². The lowest BCUT2D eigenvalue weighted by molar-refractivity contribution is -0.135. The normalized spacial score (nSPS) is 15.1. The molecule has 0 aliphatic carbocycles. The summed E-state index contributed by atoms with van der Waals surface area (Å²) in [5.74, 6) is -3.56. The number of fused-ring (bicyclic) bond motifs is 4. The van der Waals surface area contributed by atoms with Gasteiger partial charge in [0.05, 0.1) is 11.9 Å². The van der Waals surface area contributed by atoms with Crippen molar-refractivity contribution >= 4 is 27.8 Å². The minimum Gasteiger partial charge on any atom is -0.507 e.